The van der Waals surface area contributed by atoms with Crippen LogP contribution in [0.25, 0.3) is 0 Å². The summed E-state index contributed by atoms with van der Waals surface area (Å²) in [6.07, 6.45) is 0. The molecule has 2 aromatic carbocycles. The lowest BCUT2D eigenvalue weighted by Gasteiger charge is -2.11. The lowest BCUT2D eigenvalue weighted by atomic mass is 10.2. The van der Waals surface area contributed by atoms with E-state index in [1.807, 2.05) is 6.92 Å². The van der Waals surface area contributed by atoms with Crippen molar-refractivity contribution in [2.24, 2.45) is 0 Å². The smallest absolute Gasteiger partial charge is 0.255 e. The molecule has 2 rings (SSSR count). The summed E-state index contributed by atoms with van der Waals surface area (Å²) >= 11 is 0. The molecule has 24 heavy (non-hydrogen) atoms. The Morgan fingerprint density at radius 2 is 1.88 bits per heavy atom. The number of nitrogens with one attached hydrogen (secondary N) is 2. The molecular weight excluding hydrogens is 308 g/mol. The fourth-order valence-electron chi connectivity index (χ4n) is 2.10. The molecule has 0 aliphatic carbocycles. The maximum Gasteiger partial charge on any atom is 0.255 e. The summed E-state index contributed by atoms with van der Waals surface area (Å²) < 4.78 is 10.5. The number of amides is 2. The van der Waals surface area contributed by atoms with E-state index in [2.05, 4.69) is 10.6 Å². The summed E-state index contributed by atoms with van der Waals surface area (Å²) in [7, 11) is 1.55. The molecule has 0 saturated heterocycles. The topological polar surface area (TPSA) is 76.7 Å². The fraction of sp³-hybridized carbons (Fsp3) is 0.222. The number of benzene rings is 2. The Morgan fingerprint density at radius 3 is 2.62 bits per heavy atom. The Hall–Kier alpha value is -3.02. The minimum atomic E-state index is -0.361. The number of carbonyl (C=O) groups is 2. The second-order valence-electron chi connectivity index (χ2n) is 4.89. The van der Waals surface area contributed by atoms with Crippen molar-refractivity contribution in [3.05, 3.63) is 54.1 Å². The minimum Gasteiger partial charge on any atom is -0.497 e. The van der Waals surface area contributed by atoms with Gasteiger partial charge in [0, 0.05) is 11.8 Å². The van der Waals surface area contributed by atoms with Gasteiger partial charge in [0.2, 0.25) is 5.91 Å². The largest absolute Gasteiger partial charge is 0.497 e. The van der Waals surface area contributed by atoms with Crippen molar-refractivity contribution in [3.63, 3.8) is 0 Å². The van der Waals surface area contributed by atoms with Gasteiger partial charge in [-0.15, -0.1) is 0 Å². The average Bonchev–Trinajstić information content (AvgIpc) is 2.60. The second-order valence-corrected chi connectivity index (χ2v) is 4.89. The van der Waals surface area contributed by atoms with Gasteiger partial charge in [0.05, 0.1) is 25.8 Å². The van der Waals surface area contributed by atoms with Gasteiger partial charge in [-0.05, 0) is 31.2 Å². The zero-order valence-electron chi connectivity index (χ0n) is 13.7. The van der Waals surface area contributed by atoms with Gasteiger partial charge in [-0.1, -0.05) is 18.2 Å². The average molecular weight is 328 g/mol. The predicted molar refractivity (Wildman–Crippen MR) is 91.6 cm³/mol. The van der Waals surface area contributed by atoms with Gasteiger partial charge in [-0.2, -0.15) is 0 Å². The van der Waals surface area contributed by atoms with E-state index in [1.54, 1.807) is 55.6 Å². The predicted octanol–water partition coefficient (Wildman–Crippen LogP) is 2.46. The van der Waals surface area contributed by atoms with Crippen LogP contribution in [0.3, 0.4) is 0 Å². The first-order valence-corrected chi connectivity index (χ1v) is 7.58. The molecule has 0 bridgehead atoms. The molecule has 0 unspecified atom stereocenters. The minimum absolute atomic E-state index is 0.142. The monoisotopic (exact) mass is 328 g/mol. The number of para-hydroxylation sites is 1. The van der Waals surface area contributed by atoms with Crippen LogP contribution in [0.15, 0.2) is 48.5 Å². The summed E-state index contributed by atoms with van der Waals surface area (Å²) in [5.41, 5.74) is 0.997. The van der Waals surface area contributed by atoms with Crippen LogP contribution in [0.5, 0.6) is 11.5 Å². The van der Waals surface area contributed by atoms with E-state index < -0.39 is 0 Å². The van der Waals surface area contributed by atoms with Crippen LogP contribution in [-0.2, 0) is 4.79 Å². The van der Waals surface area contributed by atoms with Crippen LogP contribution in [0.2, 0.25) is 0 Å². The van der Waals surface area contributed by atoms with Gasteiger partial charge in [0.1, 0.15) is 11.5 Å². The van der Waals surface area contributed by atoms with Crippen molar-refractivity contribution in [1.82, 2.24) is 5.32 Å². The zero-order valence-corrected chi connectivity index (χ0v) is 13.7. The van der Waals surface area contributed by atoms with Crippen molar-refractivity contribution in [2.75, 3.05) is 25.6 Å². The first kappa shape index (κ1) is 17.3. The number of rotatable bonds is 7. The molecule has 2 N–H and O–H groups in total. The Bertz CT molecular complexity index is 716. The van der Waals surface area contributed by atoms with E-state index >= 15 is 0 Å². The van der Waals surface area contributed by atoms with Crippen LogP contribution in [-0.4, -0.2) is 32.1 Å². The molecule has 0 aliphatic rings. The van der Waals surface area contributed by atoms with Gasteiger partial charge in [-0.25, -0.2) is 0 Å². The number of hydrogen-bond acceptors (Lipinski definition) is 4. The highest BCUT2D eigenvalue weighted by molar-refractivity contribution is 6.00. The molecular formula is C18H20N2O4. The maximum atomic E-state index is 12.2. The molecule has 0 heterocycles. The van der Waals surface area contributed by atoms with Crippen LogP contribution < -0.4 is 20.1 Å². The molecule has 0 saturated carbocycles. The van der Waals surface area contributed by atoms with Crippen LogP contribution in [0, 0.1) is 0 Å². The summed E-state index contributed by atoms with van der Waals surface area (Å²) in [4.78, 5) is 24.2. The van der Waals surface area contributed by atoms with Gasteiger partial charge in [0.25, 0.3) is 5.91 Å². The summed E-state index contributed by atoms with van der Waals surface area (Å²) in [5.74, 6) is 0.443. The van der Waals surface area contributed by atoms with Crippen LogP contribution in [0.4, 0.5) is 5.69 Å². The molecule has 0 atom stereocenters. The molecule has 6 nitrogen and oxygen atoms in total. The molecule has 6 heteroatoms. The Kier molecular flexibility index (Phi) is 6.19. The molecule has 2 aromatic rings. The molecule has 0 spiro atoms. The molecule has 0 aliphatic heterocycles. The number of anilines is 1. The van der Waals surface area contributed by atoms with E-state index in [-0.39, 0.29) is 18.4 Å². The zero-order chi connectivity index (χ0) is 17.4. The highest BCUT2D eigenvalue weighted by atomic mass is 16.5. The molecule has 126 valence electrons. The van der Waals surface area contributed by atoms with E-state index in [0.717, 1.165) is 0 Å². The molecule has 0 aromatic heterocycles. The quantitative estimate of drug-likeness (QED) is 0.818. The van der Waals surface area contributed by atoms with Gasteiger partial charge >= 0.3 is 0 Å². The highest BCUT2D eigenvalue weighted by Gasteiger charge is 2.13. The Balaban J connectivity index is 1.92. The second kappa shape index (κ2) is 8.57. The third-order valence-electron chi connectivity index (χ3n) is 3.19. The summed E-state index contributed by atoms with van der Waals surface area (Å²) in [5, 5.41) is 5.28. The van der Waals surface area contributed by atoms with E-state index in [1.165, 1.54) is 0 Å². The molecule has 0 fully saturated rings. The van der Waals surface area contributed by atoms with Gasteiger partial charge in [0.15, 0.2) is 0 Å². The Morgan fingerprint density at radius 1 is 1.08 bits per heavy atom. The number of ether oxygens (including phenoxy) is 2. The van der Waals surface area contributed by atoms with Crippen molar-refractivity contribution >= 4 is 17.5 Å². The van der Waals surface area contributed by atoms with E-state index in [0.29, 0.717) is 29.4 Å². The lowest BCUT2D eigenvalue weighted by molar-refractivity contribution is -0.115. The van der Waals surface area contributed by atoms with Gasteiger partial charge in [-0.3, -0.25) is 9.59 Å². The van der Waals surface area contributed by atoms with Crippen molar-refractivity contribution in [2.45, 2.75) is 6.92 Å². The van der Waals surface area contributed by atoms with Crippen molar-refractivity contribution < 1.29 is 19.1 Å². The lowest BCUT2D eigenvalue weighted by Crippen LogP contribution is -2.33. The fourth-order valence-corrected chi connectivity index (χ4v) is 2.10. The van der Waals surface area contributed by atoms with Crippen LogP contribution >= 0.6 is 0 Å². The Labute approximate surface area is 140 Å². The van der Waals surface area contributed by atoms with Gasteiger partial charge < -0.3 is 20.1 Å². The molecule has 2 amide bonds. The summed E-state index contributed by atoms with van der Waals surface area (Å²) in [6, 6.07) is 13.9. The number of carbonyl (C=O) groups excluding carboxylic acids is 2. The first-order valence-electron chi connectivity index (χ1n) is 7.58. The van der Waals surface area contributed by atoms with Crippen molar-refractivity contribution in [3.8, 4) is 11.5 Å². The number of hydrogen-bond donors (Lipinski definition) is 2. The van der Waals surface area contributed by atoms with E-state index in [4.69, 9.17) is 9.47 Å². The first-order chi connectivity index (χ1) is 11.6. The highest BCUT2D eigenvalue weighted by Crippen LogP contribution is 2.18. The molecule has 0 radical (unpaired) electrons. The third-order valence-corrected chi connectivity index (χ3v) is 3.19. The summed E-state index contributed by atoms with van der Waals surface area (Å²) in [6.45, 7) is 2.16. The van der Waals surface area contributed by atoms with Crippen LogP contribution in [0.1, 0.15) is 17.3 Å². The number of methoxy groups -OCH3 is 1. The normalized spacial score (nSPS) is 9.92. The van der Waals surface area contributed by atoms with E-state index in [9.17, 15) is 9.59 Å². The SMILES string of the molecule is CCOc1ccccc1C(=O)NCC(=O)Nc1cccc(OC)c1. The third kappa shape index (κ3) is 4.74. The maximum absolute atomic E-state index is 12.2. The standard InChI is InChI=1S/C18H20N2O4/c1-3-24-16-10-5-4-9-15(16)18(22)19-12-17(21)20-13-7-6-8-14(11-13)23-2/h4-11H,3,12H2,1-2H3,(H,19,22)(H,20,21). The van der Waals surface area contributed by atoms with Crippen molar-refractivity contribution in [1.29, 1.82) is 0 Å².